The van der Waals surface area contributed by atoms with E-state index in [2.05, 4.69) is 0 Å². The number of fused-ring (bicyclic) bond motifs is 3. The lowest BCUT2D eigenvalue weighted by molar-refractivity contribution is -0.211. The molecule has 40 heavy (non-hydrogen) atoms. The summed E-state index contributed by atoms with van der Waals surface area (Å²) in [4.78, 5) is 40.4. The number of allylic oxidation sites excluding steroid dienone is 1. The molecule has 0 saturated heterocycles. The molecule has 2 aromatic carbocycles. The second-order valence-corrected chi connectivity index (χ2v) is 12.1. The molecule has 0 heterocycles. The lowest BCUT2D eigenvalue weighted by atomic mass is 9.41. The monoisotopic (exact) mass is 546 g/mol. The molecule has 8 heteroatoms. The van der Waals surface area contributed by atoms with Gasteiger partial charge in [0.15, 0.2) is 23.0 Å². The van der Waals surface area contributed by atoms with Crippen molar-refractivity contribution in [1.82, 2.24) is 0 Å². The third-order valence-electron chi connectivity index (χ3n) is 9.72. The van der Waals surface area contributed by atoms with Crippen LogP contribution in [-0.4, -0.2) is 54.6 Å². The molecule has 5 rings (SSSR count). The van der Waals surface area contributed by atoms with Gasteiger partial charge in [0.05, 0.1) is 17.2 Å². The molecule has 6 atom stereocenters. The molecule has 0 saturated carbocycles. The molecular formula is C32H34O8. The third-order valence-corrected chi connectivity index (χ3v) is 9.72. The van der Waals surface area contributed by atoms with Gasteiger partial charge >= 0.3 is 0 Å². The molecule has 1 unspecified atom stereocenters. The molecule has 2 aromatic rings. The van der Waals surface area contributed by atoms with Crippen LogP contribution in [0.5, 0.6) is 5.75 Å². The highest BCUT2D eigenvalue weighted by Crippen LogP contribution is 2.68. The van der Waals surface area contributed by atoms with Gasteiger partial charge in [-0.15, -0.1) is 0 Å². The van der Waals surface area contributed by atoms with E-state index in [1.54, 1.807) is 32.9 Å². The zero-order valence-corrected chi connectivity index (χ0v) is 23.1. The van der Waals surface area contributed by atoms with Gasteiger partial charge in [0, 0.05) is 22.7 Å². The summed E-state index contributed by atoms with van der Waals surface area (Å²) >= 11 is 0. The van der Waals surface area contributed by atoms with Crippen molar-refractivity contribution in [3.63, 3.8) is 0 Å². The summed E-state index contributed by atoms with van der Waals surface area (Å²) in [5.41, 5.74) is -6.18. The second kappa shape index (κ2) is 8.88. The summed E-state index contributed by atoms with van der Waals surface area (Å²) in [6.45, 7) is 7.47. The predicted octanol–water partition coefficient (Wildman–Crippen LogP) is 4.10. The first-order chi connectivity index (χ1) is 18.7. The first-order valence-corrected chi connectivity index (χ1v) is 13.4. The van der Waals surface area contributed by atoms with Crippen molar-refractivity contribution in [2.45, 2.75) is 58.7 Å². The van der Waals surface area contributed by atoms with Gasteiger partial charge in [-0.25, -0.2) is 0 Å². The van der Waals surface area contributed by atoms with Crippen LogP contribution in [0, 0.1) is 22.7 Å². The van der Waals surface area contributed by atoms with E-state index in [0.717, 1.165) is 12.5 Å². The standard InChI is InChI=1S/C32H34O8/c1-15(2)23-25(35)21(16(3)33)27(37)32(40)28(38)24-26(36)22-18(12-9-13-20(22)34)19(14-17-10-7-6-8-11-17)30(24,4)29(39)31(23,32)5/h6-13,15,19,23,29,34,37-40H,14H2,1-5H3/t19-,23?,29-,30+,31+,32+/m1/s1. The zero-order chi connectivity index (χ0) is 29.5. The van der Waals surface area contributed by atoms with Gasteiger partial charge in [-0.05, 0) is 36.5 Å². The van der Waals surface area contributed by atoms with Crippen LogP contribution in [-0.2, 0) is 16.0 Å². The number of aromatic hydroxyl groups is 1. The van der Waals surface area contributed by atoms with Gasteiger partial charge in [-0.2, -0.15) is 0 Å². The molecule has 0 bridgehead atoms. The van der Waals surface area contributed by atoms with Crippen LogP contribution in [0.25, 0.3) is 0 Å². The number of phenols is 1. The quantitative estimate of drug-likeness (QED) is 0.360. The van der Waals surface area contributed by atoms with Gasteiger partial charge in [0.25, 0.3) is 0 Å². The van der Waals surface area contributed by atoms with E-state index in [-0.39, 0.29) is 23.3 Å². The molecule has 5 N–H and O–H groups in total. The summed E-state index contributed by atoms with van der Waals surface area (Å²) in [6.07, 6.45) is -1.39. The van der Waals surface area contributed by atoms with E-state index in [1.165, 1.54) is 13.0 Å². The fourth-order valence-corrected chi connectivity index (χ4v) is 7.90. The van der Waals surface area contributed by atoms with E-state index in [0.29, 0.717) is 5.56 Å². The lowest BCUT2D eigenvalue weighted by Gasteiger charge is -2.63. The highest BCUT2D eigenvalue weighted by molar-refractivity contribution is 6.22. The van der Waals surface area contributed by atoms with Crippen molar-refractivity contribution < 1.29 is 39.9 Å². The zero-order valence-electron chi connectivity index (χ0n) is 23.1. The average molecular weight is 547 g/mol. The number of aliphatic hydroxyl groups is 4. The maximum Gasteiger partial charge on any atom is 0.197 e. The lowest BCUT2D eigenvalue weighted by Crippen LogP contribution is -2.72. The highest BCUT2D eigenvalue weighted by Gasteiger charge is 2.75. The molecule has 0 aliphatic heterocycles. The summed E-state index contributed by atoms with van der Waals surface area (Å²) in [6, 6.07) is 13.9. The molecule has 0 aromatic heterocycles. The minimum atomic E-state index is -2.83. The fraction of sp³-hybridized carbons (Fsp3) is 0.406. The van der Waals surface area contributed by atoms with Crippen molar-refractivity contribution >= 4 is 17.3 Å². The molecule has 8 nitrogen and oxygen atoms in total. The first kappa shape index (κ1) is 27.8. The summed E-state index contributed by atoms with van der Waals surface area (Å²) in [5.74, 6) is -7.19. The Morgan fingerprint density at radius 2 is 1.57 bits per heavy atom. The Hall–Kier alpha value is -3.75. The number of carbonyl (C=O) groups excluding carboxylic acids is 3. The minimum absolute atomic E-state index is 0.0792. The molecule has 3 aliphatic carbocycles. The number of ketones is 3. The number of phenolic OH excluding ortho intramolecular Hbond substituents is 1. The number of hydrogen-bond donors (Lipinski definition) is 5. The highest BCUT2D eigenvalue weighted by atomic mass is 16.4. The molecule has 0 fully saturated rings. The average Bonchev–Trinajstić information content (AvgIpc) is 2.88. The van der Waals surface area contributed by atoms with Gasteiger partial charge in [0.2, 0.25) is 0 Å². The molecule has 0 spiro atoms. The van der Waals surface area contributed by atoms with Crippen LogP contribution in [0.1, 0.15) is 62.0 Å². The summed E-state index contributed by atoms with van der Waals surface area (Å²) < 4.78 is 0. The minimum Gasteiger partial charge on any atom is -0.508 e. The van der Waals surface area contributed by atoms with Gasteiger partial charge in [0.1, 0.15) is 22.8 Å². The number of rotatable bonds is 4. The van der Waals surface area contributed by atoms with Crippen LogP contribution in [0.4, 0.5) is 0 Å². The number of benzene rings is 2. The first-order valence-electron chi connectivity index (χ1n) is 13.4. The van der Waals surface area contributed by atoms with E-state index in [4.69, 9.17) is 0 Å². The molecular weight excluding hydrogens is 512 g/mol. The fourth-order valence-electron chi connectivity index (χ4n) is 7.90. The number of hydrogen-bond acceptors (Lipinski definition) is 8. The number of aliphatic hydroxyl groups excluding tert-OH is 3. The van der Waals surface area contributed by atoms with Crippen molar-refractivity contribution in [2.75, 3.05) is 0 Å². The van der Waals surface area contributed by atoms with Crippen LogP contribution in [0.15, 0.2) is 71.2 Å². The number of carbonyl (C=O) groups is 3. The largest absolute Gasteiger partial charge is 0.508 e. The Morgan fingerprint density at radius 1 is 0.950 bits per heavy atom. The third kappa shape index (κ3) is 3.17. The summed E-state index contributed by atoms with van der Waals surface area (Å²) in [7, 11) is 0. The second-order valence-electron chi connectivity index (χ2n) is 12.1. The predicted molar refractivity (Wildman–Crippen MR) is 146 cm³/mol. The van der Waals surface area contributed by atoms with Gasteiger partial charge in [-0.3, -0.25) is 14.4 Å². The van der Waals surface area contributed by atoms with Crippen molar-refractivity contribution in [3.05, 3.63) is 87.9 Å². The smallest absolute Gasteiger partial charge is 0.197 e. The van der Waals surface area contributed by atoms with Crippen LogP contribution in [0.2, 0.25) is 0 Å². The maximum absolute atomic E-state index is 14.1. The van der Waals surface area contributed by atoms with Gasteiger partial charge in [-0.1, -0.05) is 70.2 Å². The Morgan fingerprint density at radius 3 is 2.15 bits per heavy atom. The Balaban J connectivity index is 1.93. The molecule has 0 radical (unpaired) electrons. The topological polar surface area (TPSA) is 152 Å². The van der Waals surface area contributed by atoms with E-state index < -0.39 is 74.7 Å². The van der Waals surface area contributed by atoms with E-state index >= 15 is 0 Å². The normalized spacial score (nSPS) is 33.5. The Bertz CT molecular complexity index is 1520. The van der Waals surface area contributed by atoms with Crippen molar-refractivity contribution in [1.29, 1.82) is 0 Å². The van der Waals surface area contributed by atoms with Crippen LogP contribution >= 0.6 is 0 Å². The van der Waals surface area contributed by atoms with Gasteiger partial charge < -0.3 is 25.5 Å². The van der Waals surface area contributed by atoms with Crippen LogP contribution < -0.4 is 0 Å². The van der Waals surface area contributed by atoms with Crippen LogP contribution in [0.3, 0.4) is 0 Å². The molecule has 0 amide bonds. The SMILES string of the molecule is CC(=O)C1=C(O)[C@]2(O)C(O)=C3C(=O)c4c(O)cccc4[C@@H](Cc4ccccc4)[C@]3(C)[C@@H](O)[C@]2(C)C(C(C)C)C1=O. The summed E-state index contributed by atoms with van der Waals surface area (Å²) in [5, 5.41) is 58.8. The Labute approximate surface area is 232 Å². The van der Waals surface area contributed by atoms with E-state index in [9.17, 15) is 39.9 Å². The number of Topliss-reactive ketones (excluding diaryl/α,β-unsaturated/α-hetero) is 3. The van der Waals surface area contributed by atoms with Crippen molar-refractivity contribution in [2.24, 2.45) is 22.7 Å². The van der Waals surface area contributed by atoms with Crippen molar-refractivity contribution in [3.8, 4) is 5.75 Å². The molecule has 210 valence electrons. The maximum atomic E-state index is 14.1. The Kier molecular flexibility index (Phi) is 6.17. The molecule has 3 aliphatic rings. The van der Waals surface area contributed by atoms with E-state index in [1.807, 2.05) is 30.3 Å².